The van der Waals surface area contributed by atoms with E-state index in [4.69, 9.17) is 28.4 Å². The summed E-state index contributed by atoms with van der Waals surface area (Å²) in [6.45, 7) is 2.82. The molecule has 10 heteroatoms. The zero-order valence-electron chi connectivity index (χ0n) is 26.0. The third-order valence-electron chi connectivity index (χ3n) is 12.7. The summed E-state index contributed by atoms with van der Waals surface area (Å²) in [5.41, 5.74) is -2.88. The van der Waals surface area contributed by atoms with Crippen molar-refractivity contribution < 1.29 is 43.1 Å². The largest absolute Gasteiger partial charge is 0.458 e. The summed E-state index contributed by atoms with van der Waals surface area (Å²) in [5.74, 6) is -1.87. The van der Waals surface area contributed by atoms with Crippen LogP contribution < -0.4 is 0 Å². The number of methoxy groups -OCH3 is 4. The molecule has 5 saturated carbocycles. The van der Waals surface area contributed by atoms with Gasteiger partial charge in [0.1, 0.15) is 17.3 Å². The molecule has 236 valence electrons. The van der Waals surface area contributed by atoms with Gasteiger partial charge in [-0.1, -0.05) is 18.2 Å². The molecule has 10 nitrogen and oxygen atoms in total. The molecule has 43 heavy (non-hydrogen) atoms. The van der Waals surface area contributed by atoms with Crippen LogP contribution in [-0.4, -0.2) is 112 Å². The summed E-state index contributed by atoms with van der Waals surface area (Å²) in [6, 6.07) is 8.77. The van der Waals surface area contributed by atoms with Gasteiger partial charge < -0.3 is 38.4 Å². The minimum absolute atomic E-state index is 0.0201. The lowest BCUT2D eigenvalue weighted by Gasteiger charge is -2.69. The van der Waals surface area contributed by atoms with Gasteiger partial charge in [-0.15, -0.1) is 0 Å². The van der Waals surface area contributed by atoms with E-state index in [1.807, 2.05) is 6.07 Å². The number of hydrogen-bond donors (Lipinski definition) is 1. The Hall–Kier alpha value is -2.08. The number of esters is 2. The number of nitrogens with zero attached hydrogens (tertiary/aromatic N) is 1. The molecule has 0 radical (unpaired) electrons. The maximum atomic E-state index is 13.7. The highest BCUT2D eigenvalue weighted by molar-refractivity contribution is 5.89. The van der Waals surface area contributed by atoms with E-state index in [9.17, 15) is 14.7 Å². The fourth-order valence-corrected chi connectivity index (χ4v) is 12.2. The van der Waals surface area contributed by atoms with E-state index in [0.29, 0.717) is 18.6 Å². The highest BCUT2D eigenvalue weighted by atomic mass is 16.6. The second kappa shape index (κ2) is 9.96. The third kappa shape index (κ3) is 3.51. The molecule has 1 aliphatic heterocycles. The lowest BCUT2D eigenvalue weighted by molar-refractivity contribution is -0.285. The van der Waals surface area contributed by atoms with Crippen molar-refractivity contribution in [3.05, 3.63) is 35.9 Å². The average Bonchev–Trinajstić information content (AvgIpc) is 3.37. The van der Waals surface area contributed by atoms with Crippen LogP contribution in [0.2, 0.25) is 0 Å². The van der Waals surface area contributed by atoms with E-state index in [-0.39, 0.29) is 47.8 Å². The number of carbonyl (C=O) groups is 2. The van der Waals surface area contributed by atoms with Gasteiger partial charge in [0.25, 0.3) is 0 Å². The first-order chi connectivity index (χ1) is 20.6. The first-order valence-electron chi connectivity index (χ1n) is 15.5. The van der Waals surface area contributed by atoms with E-state index in [0.717, 1.165) is 19.4 Å². The average molecular weight is 600 g/mol. The maximum Gasteiger partial charge on any atom is 0.338 e. The first-order valence-corrected chi connectivity index (χ1v) is 15.5. The van der Waals surface area contributed by atoms with E-state index >= 15 is 0 Å². The second-order valence-electron chi connectivity index (χ2n) is 14.1. The number of carbonyl (C=O) groups excluding carboxylic acids is 2. The number of aliphatic hydroxyl groups is 1. The Morgan fingerprint density at radius 2 is 1.72 bits per heavy atom. The molecule has 0 unspecified atom stereocenters. The Labute approximate surface area is 253 Å². The summed E-state index contributed by atoms with van der Waals surface area (Å²) in [7, 11) is 9.01. The van der Waals surface area contributed by atoms with Crippen LogP contribution in [0.25, 0.3) is 0 Å². The van der Waals surface area contributed by atoms with Gasteiger partial charge >= 0.3 is 11.9 Å². The summed E-state index contributed by atoms with van der Waals surface area (Å²) in [5, 5.41) is 12.7. The SMILES string of the molecule is COC[C@@]12CC[C@H](OC)[C@@]34[C@@H]5C[C@]6(O)[C@@H](OC)C[C@@](OC(C)=O)([C@H]5[C@H]6OC(=O)c5ccccc5)[C@@H]([C@H](OC)[C@H]13)[C@@H]4N(C)C2. The summed E-state index contributed by atoms with van der Waals surface area (Å²) in [4.78, 5) is 29.2. The van der Waals surface area contributed by atoms with E-state index < -0.39 is 46.7 Å². The Bertz CT molecular complexity index is 1280. The minimum atomic E-state index is -1.48. The van der Waals surface area contributed by atoms with E-state index in [1.165, 1.54) is 6.92 Å². The molecule has 6 fully saturated rings. The summed E-state index contributed by atoms with van der Waals surface area (Å²) < 4.78 is 38.0. The molecule has 7 bridgehead atoms. The fourth-order valence-electron chi connectivity index (χ4n) is 12.2. The second-order valence-corrected chi connectivity index (χ2v) is 14.1. The maximum absolute atomic E-state index is 13.7. The van der Waals surface area contributed by atoms with Crippen molar-refractivity contribution >= 4 is 11.9 Å². The van der Waals surface area contributed by atoms with Crippen molar-refractivity contribution in [2.75, 3.05) is 48.6 Å². The van der Waals surface area contributed by atoms with Gasteiger partial charge in [-0.25, -0.2) is 4.79 Å². The van der Waals surface area contributed by atoms with Crippen LogP contribution in [0, 0.1) is 34.5 Å². The van der Waals surface area contributed by atoms with Crippen LogP contribution in [0.5, 0.6) is 0 Å². The van der Waals surface area contributed by atoms with Gasteiger partial charge in [-0.3, -0.25) is 4.79 Å². The molecular weight excluding hydrogens is 554 g/mol. The molecule has 1 heterocycles. The Kier molecular flexibility index (Phi) is 6.86. The number of piperidine rings is 1. The van der Waals surface area contributed by atoms with Crippen molar-refractivity contribution in [3.8, 4) is 0 Å². The molecule has 7 rings (SSSR count). The van der Waals surface area contributed by atoms with Crippen molar-refractivity contribution in [2.45, 2.75) is 74.3 Å². The smallest absolute Gasteiger partial charge is 0.338 e. The number of likely N-dealkylation sites (tertiary alicyclic amines) is 1. The first kappa shape index (κ1) is 29.6. The molecule has 1 spiro atoms. The number of rotatable bonds is 8. The lowest BCUT2D eigenvalue weighted by atomic mass is 9.43. The molecule has 13 atom stereocenters. The van der Waals surface area contributed by atoms with Gasteiger partial charge in [0.15, 0.2) is 0 Å². The molecule has 6 aliphatic rings. The van der Waals surface area contributed by atoms with Crippen LogP contribution in [0.15, 0.2) is 30.3 Å². The van der Waals surface area contributed by atoms with Crippen molar-refractivity contribution in [1.82, 2.24) is 4.90 Å². The van der Waals surface area contributed by atoms with Gasteiger partial charge in [-0.05, 0) is 44.4 Å². The van der Waals surface area contributed by atoms with Crippen molar-refractivity contribution in [3.63, 3.8) is 0 Å². The molecule has 0 aromatic heterocycles. The van der Waals surface area contributed by atoms with Gasteiger partial charge in [-0.2, -0.15) is 0 Å². The normalized spacial score (nSPS) is 49.0. The topological polar surface area (TPSA) is 113 Å². The van der Waals surface area contributed by atoms with Crippen molar-refractivity contribution in [1.29, 1.82) is 0 Å². The van der Waals surface area contributed by atoms with Gasteiger partial charge in [0.2, 0.25) is 0 Å². The molecule has 1 saturated heterocycles. The zero-order valence-corrected chi connectivity index (χ0v) is 26.0. The zero-order chi connectivity index (χ0) is 30.5. The van der Waals surface area contributed by atoms with Crippen LogP contribution >= 0.6 is 0 Å². The highest BCUT2D eigenvalue weighted by Gasteiger charge is 2.89. The monoisotopic (exact) mass is 599 g/mol. The molecule has 0 amide bonds. The van der Waals surface area contributed by atoms with Crippen LogP contribution in [0.3, 0.4) is 0 Å². The minimum Gasteiger partial charge on any atom is -0.458 e. The standard InChI is InChI=1S/C33H45NO9/c1-18(35)43-32-15-22(40-5)31(37)14-20(23(32)28(31)42-29(36)19-10-8-7-9-11-19)33-21(39-4)12-13-30(17-38-3)16-34(2)27(33)24(32)25(41-6)26(30)33/h7-11,20-28,37H,12-17H2,1-6H3/t20-,21+,22+,23-,24+,25+,26-,27+,28-,30+,31+,32-,33+/m1/s1. The number of fused-ring (bicyclic) bond motifs is 2. The highest BCUT2D eigenvalue weighted by Crippen LogP contribution is 2.80. The predicted molar refractivity (Wildman–Crippen MR) is 153 cm³/mol. The van der Waals surface area contributed by atoms with E-state index in [1.54, 1.807) is 52.7 Å². The quantitative estimate of drug-likeness (QED) is 0.447. The third-order valence-corrected chi connectivity index (χ3v) is 12.7. The molecule has 5 aliphatic carbocycles. The number of ether oxygens (including phenoxy) is 6. The summed E-state index contributed by atoms with van der Waals surface area (Å²) in [6.07, 6.45) is 0.272. The lowest BCUT2D eigenvalue weighted by Crippen LogP contribution is -2.77. The summed E-state index contributed by atoms with van der Waals surface area (Å²) >= 11 is 0. The van der Waals surface area contributed by atoms with Crippen molar-refractivity contribution in [2.24, 2.45) is 34.5 Å². The van der Waals surface area contributed by atoms with Gasteiger partial charge in [0, 0.05) is 83.0 Å². The molecule has 1 aromatic carbocycles. The van der Waals surface area contributed by atoms with Gasteiger partial charge in [0.05, 0.1) is 30.5 Å². The van der Waals surface area contributed by atoms with Crippen LogP contribution in [0.1, 0.15) is 43.0 Å². The number of hydrogen-bond acceptors (Lipinski definition) is 10. The Balaban J connectivity index is 1.48. The molecule has 1 N–H and O–H groups in total. The Morgan fingerprint density at radius 1 is 1.00 bits per heavy atom. The molecule has 1 aromatic rings. The van der Waals surface area contributed by atoms with Crippen LogP contribution in [0.4, 0.5) is 0 Å². The fraction of sp³-hybridized carbons (Fsp3) is 0.758. The molecular formula is C33H45NO9. The predicted octanol–water partition coefficient (Wildman–Crippen LogP) is 2.32. The van der Waals surface area contributed by atoms with E-state index in [2.05, 4.69) is 11.9 Å². The van der Waals surface area contributed by atoms with Crippen LogP contribution in [-0.2, 0) is 33.2 Å². The Morgan fingerprint density at radius 3 is 2.35 bits per heavy atom. The number of benzene rings is 1.